The van der Waals surface area contributed by atoms with E-state index in [1.807, 2.05) is 26.8 Å². The summed E-state index contributed by atoms with van der Waals surface area (Å²) in [5.41, 5.74) is 5.68. The smallest absolute Gasteiger partial charge is 0.307 e. The van der Waals surface area contributed by atoms with Gasteiger partial charge in [0.25, 0.3) is 0 Å². The molecule has 0 radical (unpaired) electrons. The van der Waals surface area contributed by atoms with Crippen molar-refractivity contribution >= 4 is 5.97 Å². The van der Waals surface area contributed by atoms with Crippen LogP contribution in [0.5, 0.6) is 0 Å². The zero-order valence-corrected chi connectivity index (χ0v) is 9.85. The minimum atomic E-state index is -0.768. The molecular formula is C12H19NO2. The second-order valence-corrected chi connectivity index (χ2v) is 3.80. The lowest BCUT2D eigenvalue weighted by molar-refractivity contribution is -0.136. The summed E-state index contributed by atoms with van der Waals surface area (Å²) in [4.78, 5) is 10.6. The van der Waals surface area contributed by atoms with E-state index in [0.717, 1.165) is 11.1 Å². The van der Waals surface area contributed by atoms with Gasteiger partial charge in [0.1, 0.15) is 0 Å². The molecule has 3 nitrogen and oxygen atoms in total. The number of hydrogen-bond donors (Lipinski definition) is 2. The molecule has 0 heterocycles. The van der Waals surface area contributed by atoms with E-state index in [1.165, 1.54) is 16.7 Å². The van der Waals surface area contributed by atoms with Crippen LogP contribution >= 0.6 is 0 Å². The van der Waals surface area contributed by atoms with Gasteiger partial charge in [-0.1, -0.05) is 6.07 Å². The van der Waals surface area contributed by atoms with Crippen molar-refractivity contribution in [2.45, 2.75) is 34.1 Å². The molecule has 0 spiro atoms. The van der Waals surface area contributed by atoms with Crippen LogP contribution in [-0.2, 0) is 11.2 Å². The lowest BCUT2D eigenvalue weighted by Gasteiger charge is -2.12. The molecule has 84 valence electrons. The molecule has 15 heavy (non-hydrogen) atoms. The maximum absolute atomic E-state index is 10.6. The molecule has 0 unspecified atom stereocenters. The number of hydrogen-bond acceptors (Lipinski definition) is 2. The van der Waals surface area contributed by atoms with Gasteiger partial charge in [-0.15, -0.1) is 0 Å². The summed E-state index contributed by atoms with van der Waals surface area (Å²) in [5.74, 6) is -0.768. The number of rotatable bonds is 2. The summed E-state index contributed by atoms with van der Waals surface area (Å²) in [6.45, 7) is 8.12. The average Bonchev–Trinajstić information content (AvgIpc) is 2.10. The van der Waals surface area contributed by atoms with Crippen LogP contribution in [0.15, 0.2) is 6.07 Å². The lowest BCUT2D eigenvalue weighted by atomic mass is 9.93. The van der Waals surface area contributed by atoms with Crippen molar-refractivity contribution < 1.29 is 9.90 Å². The molecule has 0 atom stereocenters. The fourth-order valence-electron chi connectivity index (χ4n) is 1.64. The first-order chi connectivity index (χ1) is 6.43. The maximum Gasteiger partial charge on any atom is 0.307 e. The van der Waals surface area contributed by atoms with Crippen LogP contribution in [0.3, 0.4) is 0 Å². The summed E-state index contributed by atoms with van der Waals surface area (Å²) in [6, 6.07) is 1.98. The highest BCUT2D eigenvalue weighted by Crippen LogP contribution is 2.21. The van der Waals surface area contributed by atoms with Gasteiger partial charge < -0.3 is 11.3 Å². The lowest BCUT2D eigenvalue weighted by Crippen LogP contribution is -2.05. The highest BCUT2D eigenvalue weighted by atomic mass is 16.4. The maximum atomic E-state index is 10.6. The number of aryl methyl sites for hydroxylation is 1. The van der Waals surface area contributed by atoms with Crippen molar-refractivity contribution in [1.29, 1.82) is 0 Å². The fourth-order valence-corrected chi connectivity index (χ4v) is 1.64. The number of carbonyl (C=O) groups is 1. The van der Waals surface area contributed by atoms with Crippen LogP contribution in [-0.4, -0.2) is 11.1 Å². The Morgan fingerprint density at radius 2 is 1.67 bits per heavy atom. The molecule has 0 aliphatic heterocycles. The molecule has 0 saturated heterocycles. The molecule has 0 aromatic heterocycles. The molecule has 0 saturated carbocycles. The van der Waals surface area contributed by atoms with E-state index < -0.39 is 5.97 Å². The van der Waals surface area contributed by atoms with Gasteiger partial charge in [0.15, 0.2) is 0 Å². The minimum absolute atomic E-state index is 0. The molecule has 0 bridgehead atoms. The summed E-state index contributed by atoms with van der Waals surface area (Å²) in [5, 5.41) is 8.74. The zero-order valence-electron chi connectivity index (χ0n) is 9.85. The van der Waals surface area contributed by atoms with E-state index in [2.05, 4.69) is 6.92 Å². The van der Waals surface area contributed by atoms with Crippen LogP contribution in [0.1, 0.15) is 27.8 Å². The highest BCUT2D eigenvalue weighted by molar-refractivity contribution is 5.71. The van der Waals surface area contributed by atoms with Gasteiger partial charge in [-0.25, -0.2) is 0 Å². The third-order valence-corrected chi connectivity index (χ3v) is 2.93. The largest absolute Gasteiger partial charge is 0.481 e. The van der Waals surface area contributed by atoms with Crippen molar-refractivity contribution in [2.75, 3.05) is 0 Å². The Morgan fingerprint density at radius 1 is 1.13 bits per heavy atom. The predicted molar refractivity (Wildman–Crippen MR) is 61.8 cm³/mol. The van der Waals surface area contributed by atoms with Crippen LogP contribution < -0.4 is 6.15 Å². The highest BCUT2D eigenvalue weighted by Gasteiger charge is 2.09. The van der Waals surface area contributed by atoms with Gasteiger partial charge in [0.05, 0.1) is 6.42 Å². The van der Waals surface area contributed by atoms with Crippen molar-refractivity contribution in [3.05, 3.63) is 33.9 Å². The number of carboxylic acids is 1. The van der Waals surface area contributed by atoms with Gasteiger partial charge in [0.2, 0.25) is 0 Å². The first kappa shape index (κ1) is 13.7. The Kier molecular flexibility index (Phi) is 4.49. The zero-order chi connectivity index (χ0) is 10.9. The summed E-state index contributed by atoms with van der Waals surface area (Å²) in [7, 11) is 0. The molecule has 0 aliphatic carbocycles. The van der Waals surface area contributed by atoms with E-state index in [-0.39, 0.29) is 12.6 Å². The molecule has 1 rings (SSSR count). The Balaban J connectivity index is 0.00000196. The van der Waals surface area contributed by atoms with Gasteiger partial charge >= 0.3 is 5.97 Å². The van der Waals surface area contributed by atoms with E-state index in [4.69, 9.17) is 5.11 Å². The van der Waals surface area contributed by atoms with Gasteiger partial charge in [-0.3, -0.25) is 4.79 Å². The average molecular weight is 209 g/mol. The van der Waals surface area contributed by atoms with E-state index in [9.17, 15) is 4.79 Å². The van der Waals surface area contributed by atoms with Gasteiger partial charge in [0, 0.05) is 0 Å². The minimum Gasteiger partial charge on any atom is -0.481 e. The predicted octanol–water partition coefficient (Wildman–Crippen LogP) is 2.71. The SMILES string of the molecule is Cc1cc(CC(=O)O)c(C)c(C)c1C.N. The molecule has 1 aromatic carbocycles. The second-order valence-electron chi connectivity index (χ2n) is 3.80. The summed E-state index contributed by atoms with van der Waals surface area (Å²) >= 11 is 0. The van der Waals surface area contributed by atoms with Crippen molar-refractivity contribution in [3.8, 4) is 0 Å². The third kappa shape index (κ3) is 2.80. The molecular weight excluding hydrogens is 190 g/mol. The Morgan fingerprint density at radius 3 is 2.13 bits per heavy atom. The van der Waals surface area contributed by atoms with Crippen molar-refractivity contribution in [3.63, 3.8) is 0 Å². The Hall–Kier alpha value is -1.35. The monoisotopic (exact) mass is 209 g/mol. The summed E-state index contributed by atoms with van der Waals surface area (Å²) in [6.07, 6.45) is 0.119. The normalized spacial score (nSPS) is 9.60. The molecule has 3 heteroatoms. The first-order valence-corrected chi connectivity index (χ1v) is 4.71. The van der Waals surface area contributed by atoms with E-state index >= 15 is 0 Å². The number of aliphatic carboxylic acids is 1. The van der Waals surface area contributed by atoms with Crippen LogP contribution in [0, 0.1) is 27.7 Å². The fraction of sp³-hybridized carbons (Fsp3) is 0.417. The Bertz CT molecular complexity index is 384. The van der Waals surface area contributed by atoms with Crippen molar-refractivity contribution in [2.24, 2.45) is 0 Å². The van der Waals surface area contributed by atoms with Gasteiger partial charge in [-0.05, 0) is 55.5 Å². The standard InChI is InChI=1S/C12H16O2.H3N/c1-7-5-11(6-12(13)14)10(4)9(3)8(7)2;/h5H,6H2,1-4H3,(H,13,14);1H3. The second kappa shape index (κ2) is 4.94. The number of benzene rings is 1. The number of carboxylic acid groups (broad SMARTS) is 1. The van der Waals surface area contributed by atoms with E-state index in [0.29, 0.717) is 0 Å². The third-order valence-electron chi connectivity index (χ3n) is 2.93. The van der Waals surface area contributed by atoms with E-state index in [1.54, 1.807) is 0 Å². The quantitative estimate of drug-likeness (QED) is 0.786. The Labute approximate surface area is 90.7 Å². The molecule has 0 aliphatic rings. The molecule has 0 amide bonds. The first-order valence-electron chi connectivity index (χ1n) is 4.71. The topological polar surface area (TPSA) is 72.3 Å². The van der Waals surface area contributed by atoms with Crippen molar-refractivity contribution in [1.82, 2.24) is 6.15 Å². The summed E-state index contributed by atoms with van der Waals surface area (Å²) < 4.78 is 0. The van der Waals surface area contributed by atoms with Crippen LogP contribution in [0.4, 0.5) is 0 Å². The van der Waals surface area contributed by atoms with Crippen LogP contribution in [0.25, 0.3) is 0 Å². The molecule has 0 fully saturated rings. The molecule has 4 N–H and O–H groups in total. The van der Waals surface area contributed by atoms with Gasteiger partial charge in [-0.2, -0.15) is 0 Å². The molecule has 1 aromatic rings. The van der Waals surface area contributed by atoms with Crippen LogP contribution in [0.2, 0.25) is 0 Å².